The van der Waals surface area contributed by atoms with E-state index in [1.807, 2.05) is 13.8 Å². The molecule has 1 aliphatic carbocycles. The second-order valence-corrected chi connectivity index (χ2v) is 4.91. The van der Waals surface area contributed by atoms with Gasteiger partial charge in [0.1, 0.15) is 5.76 Å². The zero-order chi connectivity index (χ0) is 13.0. The van der Waals surface area contributed by atoms with Crippen LogP contribution < -0.4 is 10.6 Å². The zero-order valence-electron chi connectivity index (χ0n) is 11.1. The predicted octanol–water partition coefficient (Wildman–Crippen LogP) is 1.09. The highest BCUT2D eigenvalue weighted by Gasteiger charge is 2.19. The topological polar surface area (TPSA) is 67.2 Å². The van der Waals surface area contributed by atoms with E-state index in [9.17, 15) is 4.79 Å². The van der Waals surface area contributed by atoms with E-state index >= 15 is 0 Å². The van der Waals surface area contributed by atoms with Gasteiger partial charge in [-0.25, -0.2) is 0 Å². The minimum absolute atomic E-state index is 0.0378. The first kappa shape index (κ1) is 13.1. The molecule has 0 aromatic carbocycles. The van der Waals surface area contributed by atoms with Crippen LogP contribution in [0.2, 0.25) is 0 Å². The third-order valence-electron chi connectivity index (χ3n) is 3.20. The molecular weight excluding hydrogens is 230 g/mol. The van der Waals surface area contributed by atoms with Gasteiger partial charge in [0.05, 0.1) is 12.1 Å². The molecule has 1 saturated carbocycles. The van der Waals surface area contributed by atoms with Crippen molar-refractivity contribution < 1.29 is 9.32 Å². The molecule has 0 radical (unpaired) electrons. The molecule has 18 heavy (non-hydrogen) atoms. The minimum Gasteiger partial charge on any atom is -0.361 e. The van der Waals surface area contributed by atoms with Crippen LogP contribution in [-0.2, 0) is 11.2 Å². The number of nitrogens with one attached hydrogen (secondary N) is 2. The van der Waals surface area contributed by atoms with Gasteiger partial charge >= 0.3 is 0 Å². The van der Waals surface area contributed by atoms with E-state index < -0.39 is 0 Å². The Morgan fingerprint density at radius 2 is 2.17 bits per heavy atom. The summed E-state index contributed by atoms with van der Waals surface area (Å²) < 4.78 is 5.03. The average molecular weight is 251 g/mol. The smallest absolute Gasteiger partial charge is 0.224 e. The van der Waals surface area contributed by atoms with E-state index in [0.29, 0.717) is 6.42 Å². The van der Waals surface area contributed by atoms with Gasteiger partial charge in [-0.05, 0) is 39.7 Å². The summed E-state index contributed by atoms with van der Waals surface area (Å²) in [6.45, 7) is 5.40. The SMILES string of the molecule is Cc1noc(C)c1CC(=O)NCCCNC1CC1. The summed E-state index contributed by atoms with van der Waals surface area (Å²) >= 11 is 0. The van der Waals surface area contributed by atoms with E-state index in [0.717, 1.165) is 42.6 Å². The summed E-state index contributed by atoms with van der Waals surface area (Å²) in [5.74, 6) is 0.772. The van der Waals surface area contributed by atoms with Crippen LogP contribution in [0.15, 0.2) is 4.52 Å². The number of hydrogen-bond acceptors (Lipinski definition) is 4. The van der Waals surface area contributed by atoms with E-state index in [-0.39, 0.29) is 5.91 Å². The largest absolute Gasteiger partial charge is 0.361 e. The normalized spacial score (nSPS) is 14.8. The molecule has 1 heterocycles. The molecule has 1 amide bonds. The summed E-state index contributed by atoms with van der Waals surface area (Å²) in [5, 5.41) is 10.2. The monoisotopic (exact) mass is 251 g/mol. The van der Waals surface area contributed by atoms with Crippen molar-refractivity contribution in [1.82, 2.24) is 15.8 Å². The number of aromatic nitrogens is 1. The van der Waals surface area contributed by atoms with Crippen molar-refractivity contribution in [2.75, 3.05) is 13.1 Å². The van der Waals surface area contributed by atoms with Gasteiger partial charge in [-0.3, -0.25) is 4.79 Å². The van der Waals surface area contributed by atoms with Crippen LogP contribution >= 0.6 is 0 Å². The fraction of sp³-hybridized carbons (Fsp3) is 0.692. The molecular formula is C13H21N3O2. The first-order valence-electron chi connectivity index (χ1n) is 6.58. The van der Waals surface area contributed by atoms with E-state index in [1.165, 1.54) is 12.8 Å². The van der Waals surface area contributed by atoms with E-state index in [4.69, 9.17) is 4.52 Å². The lowest BCUT2D eigenvalue weighted by atomic mass is 10.1. The molecule has 100 valence electrons. The fourth-order valence-electron chi connectivity index (χ4n) is 1.89. The lowest BCUT2D eigenvalue weighted by molar-refractivity contribution is -0.120. The van der Waals surface area contributed by atoms with Crippen molar-refractivity contribution in [3.63, 3.8) is 0 Å². The van der Waals surface area contributed by atoms with Crippen molar-refractivity contribution >= 4 is 5.91 Å². The first-order chi connectivity index (χ1) is 8.66. The molecule has 1 aliphatic rings. The molecule has 0 spiro atoms. The van der Waals surface area contributed by atoms with Gasteiger partial charge in [-0.2, -0.15) is 0 Å². The maximum atomic E-state index is 11.7. The van der Waals surface area contributed by atoms with Gasteiger partial charge in [0.25, 0.3) is 0 Å². The van der Waals surface area contributed by atoms with E-state index in [1.54, 1.807) is 0 Å². The number of aryl methyl sites for hydroxylation is 2. The summed E-state index contributed by atoms with van der Waals surface area (Å²) in [4.78, 5) is 11.7. The first-order valence-corrected chi connectivity index (χ1v) is 6.58. The molecule has 1 aromatic rings. The molecule has 1 fully saturated rings. The molecule has 0 bridgehead atoms. The number of carbonyl (C=O) groups is 1. The Labute approximate surface area is 107 Å². The minimum atomic E-state index is 0.0378. The van der Waals surface area contributed by atoms with Gasteiger partial charge in [0.15, 0.2) is 0 Å². The van der Waals surface area contributed by atoms with Gasteiger partial charge in [-0.15, -0.1) is 0 Å². The summed E-state index contributed by atoms with van der Waals surface area (Å²) in [5.41, 5.74) is 1.71. The summed E-state index contributed by atoms with van der Waals surface area (Å²) in [6, 6.07) is 0.739. The lowest BCUT2D eigenvalue weighted by Crippen LogP contribution is -2.29. The maximum absolute atomic E-state index is 11.7. The fourth-order valence-corrected chi connectivity index (χ4v) is 1.89. The van der Waals surface area contributed by atoms with Crippen LogP contribution in [-0.4, -0.2) is 30.2 Å². The third kappa shape index (κ3) is 3.84. The zero-order valence-corrected chi connectivity index (χ0v) is 11.1. The lowest BCUT2D eigenvalue weighted by Gasteiger charge is -2.05. The Morgan fingerprint density at radius 3 is 2.78 bits per heavy atom. The predicted molar refractivity (Wildman–Crippen MR) is 68.3 cm³/mol. The van der Waals surface area contributed by atoms with Crippen LogP contribution in [0.4, 0.5) is 0 Å². The third-order valence-corrected chi connectivity index (χ3v) is 3.20. The van der Waals surface area contributed by atoms with Gasteiger partial charge in [0.2, 0.25) is 5.91 Å². The average Bonchev–Trinajstić information content (AvgIpc) is 3.11. The second-order valence-electron chi connectivity index (χ2n) is 4.91. The molecule has 1 aromatic heterocycles. The molecule has 0 unspecified atom stereocenters. The second kappa shape index (κ2) is 6.00. The number of hydrogen-bond donors (Lipinski definition) is 2. The van der Waals surface area contributed by atoms with Crippen LogP contribution in [0.3, 0.4) is 0 Å². The van der Waals surface area contributed by atoms with Crippen molar-refractivity contribution in [3.8, 4) is 0 Å². The van der Waals surface area contributed by atoms with Gasteiger partial charge in [-0.1, -0.05) is 5.16 Å². The van der Waals surface area contributed by atoms with Crippen LogP contribution in [0.5, 0.6) is 0 Å². The summed E-state index contributed by atoms with van der Waals surface area (Å²) in [7, 11) is 0. The highest BCUT2D eigenvalue weighted by Crippen LogP contribution is 2.18. The molecule has 5 nitrogen and oxygen atoms in total. The quantitative estimate of drug-likeness (QED) is 0.712. The molecule has 0 saturated heterocycles. The molecule has 0 aliphatic heterocycles. The Balaban J connectivity index is 1.62. The van der Waals surface area contributed by atoms with Crippen LogP contribution in [0.25, 0.3) is 0 Å². The Bertz CT molecular complexity index is 391. The van der Waals surface area contributed by atoms with Crippen LogP contribution in [0, 0.1) is 13.8 Å². The van der Waals surface area contributed by atoms with Crippen LogP contribution in [0.1, 0.15) is 36.3 Å². The standard InChI is InChI=1S/C13H21N3O2/c1-9-12(10(2)18-16-9)8-13(17)15-7-3-6-14-11-4-5-11/h11,14H,3-8H2,1-2H3,(H,15,17). The van der Waals surface area contributed by atoms with Gasteiger partial charge < -0.3 is 15.2 Å². The summed E-state index contributed by atoms with van der Waals surface area (Å²) in [6.07, 6.45) is 3.94. The molecule has 5 heteroatoms. The number of rotatable bonds is 7. The Hall–Kier alpha value is -1.36. The highest BCUT2D eigenvalue weighted by molar-refractivity contribution is 5.78. The van der Waals surface area contributed by atoms with Crippen molar-refractivity contribution in [2.45, 2.75) is 45.6 Å². The molecule has 0 atom stereocenters. The van der Waals surface area contributed by atoms with Crippen molar-refractivity contribution in [2.24, 2.45) is 0 Å². The Kier molecular flexibility index (Phi) is 4.36. The molecule has 2 N–H and O–H groups in total. The maximum Gasteiger partial charge on any atom is 0.224 e. The van der Waals surface area contributed by atoms with E-state index in [2.05, 4.69) is 15.8 Å². The molecule has 2 rings (SSSR count). The number of amides is 1. The number of nitrogens with zero attached hydrogens (tertiary/aromatic N) is 1. The van der Waals surface area contributed by atoms with Gasteiger partial charge in [0, 0.05) is 18.2 Å². The highest BCUT2D eigenvalue weighted by atomic mass is 16.5. The van der Waals surface area contributed by atoms with Crippen molar-refractivity contribution in [1.29, 1.82) is 0 Å². The van der Waals surface area contributed by atoms with Crippen molar-refractivity contribution in [3.05, 3.63) is 17.0 Å². The number of carbonyl (C=O) groups excluding carboxylic acids is 1. The Morgan fingerprint density at radius 1 is 1.39 bits per heavy atom.